The monoisotopic (exact) mass is 285 g/mol. The zero-order valence-electron chi connectivity index (χ0n) is 10.8. The van der Waals surface area contributed by atoms with E-state index in [9.17, 15) is 13.2 Å². The van der Waals surface area contributed by atoms with Crippen molar-refractivity contribution in [2.75, 3.05) is 6.54 Å². The normalized spacial score (nSPS) is 11.7. The van der Waals surface area contributed by atoms with Gasteiger partial charge in [-0.3, -0.25) is 0 Å². The van der Waals surface area contributed by atoms with Crippen molar-refractivity contribution in [1.82, 2.24) is 9.78 Å². The van der Waals surface area contributed by atoms with E-state index in [1.54, 1.807) is 30.3 Å². The van der Waals surface area contributed by atoms with Crippen LogP contribution in [0.3, 0.4) is 0 Å². The molecule has 0 amide bonds. The quantitative estimate of drug-likeness (QED) is 0.939. The van der Waals surface area contributed by atoms with Gasteiger partial charge in [-0.1, -0.05) is 18.2 Å². The molecule has 1 aromatic carbocycles. The van der Waals surface area contributed by atoms with Gasteiger partial charge in [0.2, 0.25) is 5.88 Å². The fourth-order valence-corrected chi connectivity index (χ4v) is 1.88. The van der Waals surface area contributed by atoms with Crippen LogP contribution in [-0.2, 0) is 19.6 Å². The molecule has 4 nitrogen and oxygen atoms in total. The topological polar surface area (TPSA) is 53.1 Å². The molecule has 0 aliphatic rings. The van der Waals surface area contributed by atoms with E-state index in [2.05, 4.69) is 5.10 Å². The first-order valence-electron chi connectivity index (χ1n) is 5.99. The zero-order chi connectivity index (χ0) is 14.8. The van der Waals surface area contributed by atoms with E-state index in [0.717, 1.165) is 4.68 Å². The molecule has 0 aliphatic heterocycles. The van der Waals surface area contributed by atoms with E-state index >= 15 is 0 Å². The number of ether oxygens (including phenoxy) is 1. The largest absolute Gasteiger partial charge is 0.439 e. The third kappa shape index (κ3) is 2.93. The second kappa shape index (κ2) is 5.54. The Morgan fingerprint density at radius 1 is 1.25 bits per heavy atom. The molecule has 0 spiro atoms. The highest BCUT2D eigenvalue weighted by atomic mass is 19.4. The van der Waals surface area contributed by atoms with Crippen molar-refractivity contribution in [2.24, 2.45) is 12.8 Å². The number of halogens is 3. The lowest BCUT2D eigenvalue weighted by atomic mass is 10.1. The number of aromatic nitrogens is 2. The molecular weight excluding hydrogens is 271 g/mol. The highest BCUT2D eigenvalue weighted by Crippen LogP contribution is 2.37. The molecule has 2 N–H and O–H groups in total. The Bertz CT molecular complexity index is 579. The summed E-state index contributed by atoms with van der Waals surface area (Å²) in [5.41, 5.74) is 4.41. The molecule has 0 saturated carbocycles. The first-order chi connectivity index (χ1) is 9.43. The van der Waals surface area contributed by atoms with Gasteiger partial charge in [-0.05, 0) is 25.1 Å². The Balaban J connectivity index is 2.44. The summed E-state index contributed by atoms with van der Waals surface area (Å²) >= 11 is 0. The summed E-state index contributed by atoms with van der Waals surface area (Å²) in [4.78, 5) is 0. The zero-order valence-corrected chi connectivity index (χ0v) is 10.8. The van der Waals surface area contributed by atoms with Gasteiger partial charge < -0.3 is 10.5 Å². The summed E-state index contributed by atoms with van der Waals surface area (Å²) in [7, 11) is 1.41. The van der Waals surface area contributed by atoms with Crippen molar-refractivity contribution in [3.8, 4) is 11.6 Å². The van der Waals surface area contributed by atoms with Crippen molar-refractivity contribution in [3.05, 3.63) is 41.6 Å². The van der Waals surface area contributed by atoms with Crippen LogP contribution in [0.2, 0.25) is 0 Å². The molecule has 0 radical (unpaired) electrons. The van der Waals surface area contributed by atoms with Crippen LogP contribution in [0.5, 0.6) is 11.6 Å². The molecular formula is C13H14F3N3O. The Labute approximate surface area is 114 Å². The molecule has 108 valence electrons. The van der Waals surface area contributed by atoms with Gasteiger partial charge in [0, 0.05) is 12.6 Å². The summed E-state index contributed by atoms with van der Waals surface area (Å²) in [5, 5.41) is 3.51. The molecule has 0 aliphatic carbocycles. The Morgan fingerprint density at radius 2 is 1.90 bits per heavy atom. The molecule has 7 heteroatoms. The number of benzene rings is 1. The minimum atomic E-state index is -4.53. The number of aryl methyl sites for hydroxylation is 1. The average molecular weight is 285 g/mol. The van der Waals surface area contributed by atoms with Gasteiger partial charge in [0.05, 0.1) is 0 Å². The number of hydrogen-bond donors (Lipinski definition) is 1. The van der Waals surface area contributed by atoms with Crippen LogP contribution >= 0.6 is 0 Å². The summed E-state index contributed by atoms with van der Waals surface area (Å²) in [6.45, 7) is 0.0833. The molecule has 1 heterocycles. The van der Waals surface area contributed by atoms with Crippen molar-refractivity contribution < 1.29 is 17.9 Å². The molecule has 0 fully saturated rings. The van der Waals surface area contributed by atoms with E-state index in [1.807, 2.05) is 0 Å². The highest BCUT2D eigenvalue weighted by Gasteiger charge is 2.39. The smallest absolute Gasteiger partial charge is 0.435 e. The van der Waals surface area contributed by atoms with E-state index in [-0.39, 0.29) is 24.4 Å². The molecule has 0 saturated heterocycles. The van der Waals surface area contributed by atoms with Crippen LogP contribution in [0, 0.1) is 0 Å². The third-order valence-electron chi connectivity index (χ3n) is 2.71. The van der Waals surface area contributed by atoms with E-state index in [1.165, 1.54) is 7.05 Å². The lowest BCUT2D eigenvalue weighted by Gasteiger charge is -2.09. The fourth-order valence-electron chi connectivity index (χ4n) is 1.88. The Morgan fingerprint density at radius 3 is 2.45 bits per heavy atom. The van der Waals surface area contributed by atoms with Gasteiger partial charge in [-0.2, -0.15) is 18.3 Å². The second-order valence-electron chi connectivity index (χ2n) is 4.21. The maximum atomic E-state index is 12.9. The maximum absolute atomic E-state index is 12.9. The van der Waals surface area contributed by atoms with E-state index < -0.39 is 11.9 Å². The number of nitrogens with two attached hydrogens (primary N) is 1. The SMILES string of the molecule is Cn1nc(C(F)(F)F)c(CCN)c1Oc1ccccc1. The predicted molar refractivity (Wildman–Crippen MR) is 67.5 cm³/mol. The first kappa shape index (κ1) is 14.4. The number of para-hydroxylation sites is 1. The van der Waals surface area contributed by atoms with Crippen molar-refractivity contribution in [1.29, 1.82) is 0 Å². The van der Waals surface area contributed by atoms with Crippen LogP contribution in [-0.4, -0.2) is 16.3 Å². The summed E-state index contributed by atoms with van der Waals surface area (Å²) in [6, 6.07) is 8.58. The second-order valence-corrected chi connectivity index (χ2v) is 4.21. The number of hydrogen-bond acceptors (Lipinski definition) is 3. The first-order valence-corrected chi connectivity index (χ1v) is 5.99. The van der Waals surface area contributed by atoms with Crippen LogP contribution in [0.4, 0.5) is 13.2 Å². The van der Waals surface area contributed by atoms with Crippen LogP contribution in [0.25, 0.3) is 0 Å². The average Bonchev–Trinajstić information content (AvgIpc) is 2.69. The summed E-state index contributed by atoms with van der Waals surface area (Å²) in [6.07, 6.45) is -4.48. The van der Waals surface area contributed by atoms with Crippen molar-refractivity contribution >= 4 is 0 Å². The number of rotatable bonds is 4. The van der Waals surface area contributed by atoms with Crippen LogP contribution in [0.1, 0.15) is 11.3 Å². The minimum Gasteiger partial charge on any atom is -0.439 e. The molecule has 1 aromatic heterocycles. The van der Waals surface area contributed by atoms with Gasteiger partial charge in [-0.25, -0.2) is 4.68 Å². The van der Waals surface area contributed by atoms with Crippen molar-refractivity contribution in [3.63, 3.8) is 0 Å². The molecule has 2 aromatic rings. The van der Waals surface area contributed by atoms with Crippen LogP contribution in [0.15, 0.2) is 30.3 Å². The van der Waals surface area contributed by atoms with Gasteiger partial charge in [0.25, 0.3) is 0 Å². The Kier molecular flexibility index (Phi) is 3.99. The lowest BCUT2D eigenvalue weighted by molar-refractivity contribution is -0.142. The molecule has 0 atom stereocenters. The minimum absolute atomic E-state index is 0.0219. The van der Waals surface area contributed by atoms with Gasteiger partial charge in [-0.15, -0.1) is 0 Å². The molecule has 0 bridgehead atoms. The van der Waals surface area contributed by atoms with E-state index in [0.29, 0.717) is 5.75 Å². The van der Waals surface area contributed by atoms with Gasteiger partial charge in [0.15, 0.2) is 5.69 Å². The summed E-state index contributed by atoms with van der Waals surface area (Å²) in [5.74, 6) is 0.511. The van der Waals surface area contributed by atoms with Gasteiger partial charge in [0.1, 0.15) is 5.75 Å². The molecule has 2 rings (SSSR count). The van der Waals surface area contributed by atoms with Crippen molar-refractivity contribution in [2.45, 2.75) is 12.6 Å². The number of nitrogens with zero attached hydrogens (tertiary/aromatic N) is 2. The third-order valence-corrected chi connectivity index (χ3v) is 2.71. The van der Waals surface area contributed by atoms with Crippen LogP contribution < -0.4 is 10.5 Å². The van der Waals surface area contributed by atoms with E-state index in [4.69, 9.17) is 10.5 Å². The molecule has 20 heavy (non-hydrogen) atoms. The lowest BCUT2D eigenvalue weighted by Crippen LogP contribution is -2.12. The van der Waals surface area contributed by atoms with Gasteiger partial charge >= 0.3 is 6.18 Å². The maximum Gasteiger partial charge on any atom is 0.435 e. The predicted octanol–water partition coefficient (Wildman–Crippen LogP) is 2.73. The number of alkyl halides is 3. The highest BCUT2D eigenvalue weighted by molar-refractivity contribution is 5.37. The Hall–Kier alpha value is -2.02. The fraction of sp³-hybridized carbons (Fsp3) is 0.308. The standard InChI is InChI=1S/C13H14F3N3O/c1-19-12(20-9-5-3-2-4-6-9)10(7-8-17)11(18-19)13(14,15)16/h2-6H,7-8,17H2,1H3. The summed E-state index contributed by atoms with van der Waals surface area (Å²) < 4.78 is 45.4. The molecule has 0 unspecified atom stereocenters.